The Bertz CT molecular complexity index is 1190. The maximum Gasteiger partial charge on any atom is 0.267 e. The highest BCUT2D eigenvalue weighted by molar-refractivity contribution is 7.94. The van der Waals surface area contributed by atoms with E-state index < -0.39 is 10.0 Å². The molecule has 0 amide bonds. The number of benzene rings is 2. The summed E-state index contributed by atoms with van der Waals surface area (Å²) in [6, 6.07) is 17.5. The third-order valence-corrected chi connectivity index (χ3v) is 7.53. The number of nitrogens with zero attached hydrogens (tertiary/aromatic N) is 1. The van der Waals surface area contributed by atoms with E-state index in [4.69, 9.17) is 0 Å². The van der Waals surface area contributed by atoms with Crippen LogP contribution >= 0.6 is 0 Å². The van der Waals surface area contributed by atoms with Gasteiger partial charge in [0, 0.05) is 17.1 Å². The minimum absolute atomic E-state index is 0.283. The molecule has 1 N–H and O–H groups in total. The van der Waals surface area contributed by atoms with E-state index in [2.05, 4.69) is 6.92 Å². The first-order valence-electron chi connectivity index (χ1n) is 11.9. The third kappa shape index (κ3) is 6.24. The van der Waals surface area contributed by atoms with Crippen LogP contribution in [0.25, 0.3) is 22.0 Å². The molecule has 3 aromatic rings. The number of allylic oxidation sites excluding steroid dienone is 3. The Morgan fingerprint density at radius 1 is 1.00 bits per heavy atom. The number of fused-ring (bicyclic) bond motifs is 1. The van der Waals surface area contributed by atoms with E-state index in [1.54, 1.807) is 18.3 Å². The lowest BCUT2D eigenvalue weighted by Crippen LogP contribution is -2.13. The number of aliphatic hydroxyl groups excluding tert-OH is 1. The first kappa shape index (κ1) is 25.0. The van der Waals surface area contributed by atoms with E-state index in [9.17, 15) is 13.5 Å². The van der Waals surface area contributed by atoms with Crippen molar-refractivity contribution >= 4 is 20.9 Å². The van der Waals surface area contributed by atoms with Crippen molar-refractivity contribution < 1.29 is 13.5 Å². The summed E-state index contributed by atoms with van der Waals surface area (Å²) in [4.78, 5) is 0.283. The van der Waals surface area contributed by atoms with Crippen molar-refractivity contribution in [3.63, 3.8) is 0 Å². The first-order chi connectivity index (χ1) is 16.0. The summed E-state index contributed by atoms with van der Waals surface area (Å²) >= 11 is 0. The third-order valence-electron chi connectivity index (χ3n) is 5.81. The maximum absolute atomic E-state index is 13.7. The number of para-hydroxylation sites is 1. The summed E-state index contributed by atoms with van der Waals surface area (Å²) in [6.07, 6.45) is 12.7. The summed E-state index contributed by atoms with van der Waals surface area (Å²) < 4.78 is 28.8. The summed E-state index contributed by atoms with van der Waals surface area (Å²) in [6.45, 7) is 4.08. The molecule has 1 aromatic heterocycles. The highest BCUT2D eigenvalue weighted by Gasteiger charge is 2.22. The first-order valence-corrected chi connectivity index (χ1v) is 13.4. The molecule has 0 radical (unpaired) electrons. The van der Waals surface area contributed by atoms with E-state index >= 15 is 0 Å². The van der Waals surface area contributed by atoms with E-state index in [0.29, 0.717) is 24.8 Å². The minimum atomic E-state index is -3.77. The molecular formula is C28H35NO3S. The van der Waals surface area contributed by atoms with Crippen molar-refractivity contribution in [2.75, 3.05) is 0 Å². The van der Waals surface area contributed by atoms with Gasteiger partial charge < -0.3 is 5.11 Å². The smallest absolute Gasteiger partial charge is 0.267 e. The Hall–Kier alpha value is -2.63. The molecule has 2 aromatic carbocycles. The second kappa shape index (κ2) is 12.0. The van der Waals surface area contributed by atoms with Gasteiger partial charge in [0.15, 0.2) is 0 Å². The summed E-state index contributed by atoms with van der Waals surface area (Å²) in [5.41, 5.74) is 2.54. The van der Waals surface area contributed by atoms with Gasteiger partial charge in [0.2, 0.25) is 0 Å². The molecule has 0 bridgehead atoms. The molecule has 0 fully saturated rings. The zero-order chi connectivity index (χ0) is 23.7. The van der Waals surface area contributed by atoms with Crippen LogP contribution in [0.15, 0.2) is 83.9 Å². The lowest BCUT2D eigenvalue weighted by atomic mass is 10.1. The van der Waals surface area contributed by atoms with Gasteiger partial charge in [-0.25, -0.2) is 12.4 Å². The van der Waals surface area contributed by atoms with Gasteiger partial charge in [-0.2, -0.15) is 0 Å². The molecule has 0 aliphatic rings. The van der Waals surface area contributed by atoms with E-state index in [-0.39, 0.29) is 11.0 Å². The van der Waals surface area contributed by atoms with E-state index in [0.717, 1.165) is 42.2 Å². The zero-order valence-corrected chi connectivity index (χ0v) is 20.5. The quantitative estimate of drug-likeness (QED) is 0.230. The highest BCUT2D eigenvalue weighted by Crippen LogP contribution is 2.33. The topological polar surface area (TPSA) is 59.3 Å². The Morgan fingerprint density at radius 2 is 1.73 bits per heavy atom. The van der Waals surface area contributed by atoms with Crippen LogP contribution in [0.2, 0.25) is 0 Å². The van der Waals surface area contributed by atoms with Gasteiger partial charge in [-0.05, 0) is 43.4 Å². The summed E-state index contributed by atoms with van der Waals surface area (Å²) in [7, 11) is -3.77. The Kier molecular flexibility index (Phi) is 9.10. The molecule has 0 spiro atoms. The molecule has 4 nitrogen and oxygen atoms in total. The molecule has 1 unspecified atom stereocenters. The summed E-state index contributed by atoms with van der Waals surface area (Å²) in [5.74, 6) is 0. The van der Waals surface area contributed by atoms with Crippen LogP contribution < -0.4 is 0 Å². The van der Waals surface area contributed by atoms with E-state index in [1.807, 2.05) is 67.6 Å². The SMILES string of the molecule is CC/C=C(\C=C/CCC(O)CCCCC)S(=O)(=O)n1cc(-c2ccccc2)c2ccccc21. The highest BCUT2D eigenvalue weighted by atomic mass is 32.2. The van der Waals surface area contributed by atoms with Crippen LogP contribution in [0.5, 0.6) is 0 Å². The van der Waals surface area contributed by atoms with Gasteiger partial charge in [-0.3, -0.25) is 0 Å². The molecule has 1 heterocycles. The molecule has 3 rings (SSSR count). The Balaban J connectivity index is 1.87. The van der Waals surface area contributed by atoms with Crippen molar-refractivity contribution in [1.29, 1.82) is 0 Å². The number of unbranched alkanes of at least 4 members (excludes halogenated alkanes) is 2. The van der Waals surface area contributed by atoms with Crippen LogP contribution in [0.3, 0.4) is 0 Å². The second-order valence-electron chi connectivity index (χ2n) is 8.37. The lowest BCUT2D eigenvalue weighted by Gasteiger charge is -2.10. The van der Waals surface area contributed by atoms with Crippen LogP contribution in [0.1, 0.15) is 58.8 Å². The number of hydrogen-bond acceptors (Lipinski definition) is 3. The predicted octanol–water partition coefficient (Wildman–Crippen LogP) is 7.06. The number of aromatic nitrogens is 1. The van der Waals surface area contributed by atoms with Crippen molar-refractivity contribution in [2.24, 2.45) is 0 Å². The van der Waals surface area contributed by atoms with Crippen LogP contribution in [0.4, 0.5) is 0 Å². The molecule has 1 atom stereocenters. The van der Waals surface area contributed by atoms with E-state index in [1.165, 1.54) is 3.97 Å². The van der Waals surface area contributed by atoms with Gasteiger partial charge in [-0.1, -0.05) is 93.8 Å². The number of hydrogen-bond donors (Lipinski definition) is 1. The molecule has 0 saturated heterocycles. The number of rotatable bonds is 12. The molecule has 0 aliphatic carbocycles. The van der Waals surface area contributed by atoms with Crippen LogP contribution in [-0.4, -0.2) is 23.6 Å². The fourth-order valence-electron chi connectivity index (χ4n) is 4.03. The lowest BCUT2D eigenvalue weighted by molar-refractivity contribution is 0.152. The standard InChI is InChI=1S/C28H35NO3S/c1-3-5-7-17-24(30)18-10-11-19-25(14-4-2)33(31,32)29-22-27(23-15-8-6-9-16-23)26-20-12-13-21-28(26)29/h6,8-9,11-16,19-22,24,30H,3-5,7,10,17-18H2,1-2H3/b19-11-,25-14+. The van der Waals surface area contributed by atoms with Gasteiger partial charge in [0.25, 0.3) is 10.0 Å². The number of aliphatic hydroxyl groups is 1. The summed E-state index contributed by atoms with van der Waals surface area (Å²) in [5, 5.41) is 11.0. The monoisotopic (exact) mass is 465 g/mol. The normalized spacial score (nSPS) is 13.7. The molecule has 176 valence electrons. The second-order valence-corrected chi connectivity index (χ2v) is 10.2. The minimum Gasteiger partial charge on any atom is -0.393 e. The average molecular weight is 466 g/mol. The molecule has 33 heavy (non-hydrogen) atoms. The van der Waals surface area contributed by atoms with Crippen LogP contribution in [0, 0.1) is 0 Å². The fourth-order valence-corrected chi connectivity index (χ4v) is 5.57. The Morgan fingerprint density at radius 3 is 2.45 bits per heavy atom. The van der Waals surface area contributed by atoms with Crippen molar-refractivity contribution in [3.05, 3.63) is 83.9 Å². The molecular weight excluding hydrogens is 430 g/mol. The largest absolute Gasteiger partial charge is 0.393 e. The van der Waals surface area contributed by atoms with Gasteiger partial charge in [0.05, 0.1) is 16.5 Å². The fraction of sp³-hybridized carbons (Fsp3) is 0.357. The molecule has 0 saturated carbocycles. The van der Waals surface area contributed by atoms with Crippen molar-refractivity contribution in [1.82, 2.24) is 3.97 Å². The zero-order valence-electron chi connectivity index (χ0n) is 19.7. The molecule has 5 heteroatoms. The Labute approximate surface area is 198 Å². The van der Waals surface area contributed by atoms with Gasteiger partial charge >= 0.3 is 0 Å². The molecule has 0 aliphatic heterocycles. The van der Waals surface area contributed by atoms with Gasteiger partial charge in [0.1, 0.15) is 0 Å². The van der Waals surface area contributed by atoms with Crippen molar-refractivity contribution in [2.45, 2.75) is 64.9 Å². The predicted molar refractivity (Wildman–Crippen MR) is 139 cm³/mol. The van der Waals surface area contributed by atoms with Crippen LogP contribution in [-0.2, 0) is 10.0 Å². The van der Waals surface area contributed by atoms with Crippen molar-refractivity contribution in [3.8, 4) is 11.1 Å². The average Bonchev–Trinajstić information content (AvgIpc) is 3.22. The van der Waals surface area contributed by atoms with Gasteiger partial charge in [-0.15, -0.1) is 0 Å². The maximum atomic E-state index is 13.7.